The maximum absolute atomic E-state index is 12.1. The number of aryl methyl sites for hydroxylation is 1. The number of amides is 1. The summed E-state index contributed by atoms with van der Waals surface area (Å²) in [6.07, 6.45) is 0. The number of aromatic carboxylic acids is 1. The van der Waals surface area contributed by atoms with E-state index in [2.05, 4.69) is 21.2 Å². The van der Waals surface area contributed by atoms with Gasteiger partial charge in [0, 0.05) is 10.2 Å². The molecule has 0 heterocycles. The molecule has 0 atom stereocenters. The number of hydrogen-bond acceptors (Lipinski definition) is 2. The van der Waals surface area contributed by atoms with Crippen LogP contribution in [0.1, 0.15) is 26.3 Å². The van der Waals surface area contributed by atoms with Crippen molar-refractivity contribution in [2.45, 2.75) is 6.92 Å². The van der Waals surface area contributed by atoms with Crippen molar-refractivity contribution in [3.05, 3.63) is 63.6 Å². The summed E-state index contributed by atoms with van der Waals surface area (Å²) in [4.78, 5) is 22.9. The molecule has 0 aliphatic carbocycles. The van der Waals surface area contributed by atoms with Crippen molar-refractivity contribution in [3.8, 4) is 0 Å². The van der Waals surface area contributed by atoms with E-state index in [-0.39, 0.29) is 11.5 Å². The molecule has 1 amide bonds. The Bertz CT molecular complexity index is 665. The number of anilines is 1. The molecule has 5 heteroatoms. The first-order valence-electron chi connectivity index (χ1n) is 5.88. The van der Waals surface area contributed by atoms with Crippen LogP contribution in [-0.2, 0) is 0 Å². The van der Waals surface area contributed by atoms with Crippen LogP contribution in [0.5, 0.6) is 0 Å². The van der Waals surface area contributed by atoms with Crippen molar-refractivity contribution in [1.82, 2.24) is 0 Å². The van der Waals surface area contributed by atoms with Crippen molar-refractivity contribution in [3.63, 3.8) is 0 Å². The molecule has 0 fully saturated rings. The first kappa shape index (κ1) is 14.3. The highest BCUT2D eigenvalue weighted by molar-refractivity contribution is 9.10. The molecule has 20 heavy (non-hydrogen) atoms. The van der Waals surface area contributed by atoms with Gasteiger partial charge in [0.05, 0.1) is 11.1 Å². The summed E-state index contributed by atoms with van der Waals surface area (Å²) in [5, 5.41) is 11.5. The van der Waals surface area contributed by atoms with E-state index >= 15 is 0 Å². The Morgan fingerprint density at radius 3 is 2.35 bits per heavy atom. The van der Waals surface area contributed by atoms with E-state index in [4.69, 9.17) is 5.11 Å². The second-order valence-corrected chi connectivity index (χ2v) is 5.17. The molecular weight excluding hydrogens is 322 g/mol. The van der Waals surface area contributed by atoms with E-state index in [0.29, 0.717) is 15.7 Å². The smallest absolute Gasteiger partial charge is 0.335 e. The number of benzene rings is 2. The predicted molar refractivity (Wildman–Crippen MR) is 80.2 cm³/mol. The van der Waals surface area contributed by atoms with Gasteiger partial charge in [0.1, 0.15) is 0 Å². The van der Waals surface area contributed by atoms with Crippen LogP contribution in [0, 0.1) is 6.92 Å². The summed E-state index contributed by atoms with van der Waals surface area (Å²) in [5.74, 6) is -1.24. The number of carbonyl (C=O) groups excluding carboxylic acids is 1. The predicted octanol–water partition coefficient (Wildman–Crippen LogP) is 3.71. The molecule has 0 spiro atoms. The number of rotatable bonds is 3. The minimum Gasteiger partial charge on any atom is -0.478 e. The number of carboxylic acids is 1. The lowest BCUT2D eigenvalue weighted by atomic mass is 10.1. The molecule has 4 nitrogen and oxygen atoms in total. The van der Waals surface area contributed by atoms with E-state index in [1.54, 1.807) is 18.2 Å². The molecule has 0 aliphatic rings. The summed E-state index contributed by atoms with van der Waals surface area (Å²) in [6, 6.07) is 11.5. The Morgan fingerprint density at radius 1 is 1.10 bits per heavy atom. The molecule has 102 valence electrons. The average molecular weight is 334 g/mol. The van der Waals surface area contributed by atoms with Gasteiger partial charge < -0.3 is 10.4 Å². The van der Waals surface area contributed by atoms with Gasteiger partial charge in [-0.1, -0.05) is 11.6 Å². The van der Waals surface area contributed by atoms with Crippen LogP contribution in [-0.4, -0.2) is 17.0 Å². The third-order valence-electron chi connectivity index (χ3n) is 2.76. The van der Waals surface area contributed by atoms with Gasteiger partial charge in [0.25, 0.3) is 5.91 Å². The molecule has 0 bridgehead atoms. The molecule has 0 radical (unpaired) electrons. The molecule has 0 saturated heterocycles. The van der Waals surface area contributed by atoms with Gasteiger partial charge in [-0.05, 0) is 59.3 Å². The van der Waals surface area contributed by atoms with Gasteiger partial charge in [-0.2, -0.15) is 0 Å². The van der Waals surface area contributed by atoms with Crippen LogP contribution in [0.4, 0.5) is 5.69 Å². The fourth-order valence-corrected chi connectivity index (χ4v) is 2.13. The van der Waals surface area contributed by atoms with E-state index in [1.165, 1.54) is 12.1 Å². The lowest BCUT2D eigenvalue weighted by Gasteiger charge is -2.08. The quantitative estimate of drug-likeness (QED) is 0.899. The van der Waals surface area contributed by atoms with Gasteiger partial charge in [0.2, 0.25) is 0 Å². The molecule has 2 N–H and O–H groups in total. The molecule has 0 saturated carbocycles. The Balaban J connectivity index is 2.19. The largest absolute Gasteiger partial charge is 0.478 e. The molecule has 0 aliphatic heterocycles. The second kappa shape index (κ2) is 5.88. The highest BCUT2D eigenvalue weighted by atomic mass is 79.9. The highest BCUT2D eigenvalue weighted by Crippen LogP contribution is 2.20. The molecule has 2 aromatic carbocycles. The van der Waals surface area contributed by atoms with E-state index in [9.17, 15) is 9.59 Å². The van der Waals surface area contributed by atoms with Gasteiger partial charge in [-0.25, -0.2) is 4.79 Å². The van der Waals surface area contributed by atoms with Gasteiger partial charge >= 0.3 is 5.97 Å². The van der Waals surface area contributed by atoms with Gasteiger partial charge in [0.15, 0.2) is 0 Å². The third-order valence-corrected chi connectivity index (χ3v) is 3.45. The number of hydrogen-bond donors (Lipinski definition) is 2. The molecule has 0 aromatic heterocycles. The Morgan fingerprint density at radius 2 is 1.75 bits per heavy atom. The monoisotopic (exact) mass is 333 g/mol. The SMILES string of the molecule is Cc1ccc(Br)c(C(=O)Nc2ccc(C(=O)O)cc2)c1. The standard InChI is InChI=1S/C15H12BrNO3/c1-9-2-7-13(16)12(8-9)14(18)17-11-5-3-10(4-6-11)15(19)20/h2-8H,1H3,(H,17,18)(H,19,20). The third kappa shape index (κ3) is 3.24. The van der Waals surface area contributed by atoms with E-state index in [1.807, 2.05) is 19.1 Å². The van der Waals surface area contributed by atoms with Crippen LogP contribution in [0.15, 0.2) is 46.9 Å². The highest BCUT2D eigenvalue weighted by Gasteiger charge is 2.11. The number of carbonyl (C=O) groups is 2. The van der Waals surface area contributed by atoms with Crippen molar-refractivity contribution in [2.24, 2.45) is 0 Å². The zero-order valence-electron chi connectivity index (χ0n) is 10.7. The first-order chi connectivity index (χ1) is 9.47. The van der Waals surface area contributed by atoms with E-state index < -0.39 is 5.97 Å². The second-order valence-electron chi connectivity index (χ2n) is 4.32. The number of carboxylic acid groups (broad SMARTS) is 1. The Kier molecular flexibility index (Phi) is 4.20. The van der Waals surface area contributed by atoms with Gasteiger partial charge in [-0.15, -0.1) is 0 Å². The normalized spacial score (nSPS) is 10.1. The minimum atomic E-state index is -0.996. The van der Waals surface area contributed by atoms with Crippen molar-refractivity contribution >= 4 is 33.5 Å². The van der Waals surface area contributed by atoms with Crippen molar-refractivity contribution in [2.75, 3.05) is 5.32 Å². The fourth-order valence-electron chi connectivity index (χ4n) is 1.71. The maximum Gasteiger partial charge on any atom is 0.335 e. The molecule has 2 rings (SSSR count). The summed E-state index contributed by atoms with van der Waals surface area (Å²) in [7, 11) is 0. The van der Waals surface area contributed by atoms with Crippen LogP contribution in [0.25, 0.3) is 0 Å². The topological polar surface area (TPSA) is 66.4 Å². The van der Waals surface area contributed by atoms with Crippen LogP contribution < -0.4 is 5.32 Å². The zero-order valence-corrected chi connectivity index (χ0v) is 12.3. The van der Waals surface area contributed by atoms with Crippen LogP contribution in [0.3, 0.4) is 0 Å². The van der Waals surface area contributed by atoms with Crippen LogP contribution in [0.2, 0.25) is 0 Å². The summed E-state index contributed by atoms with van der Waals surface area (Å²) >= 11 is 3.34. The number of nitrogens with one attached hydrogen (secondary N) is 1. The fraction of sp³-hybridized carbons (Fsp3) is 0.0667. The van der Waals surface area contributed by atoms with E-state index in [0.717, 1.165) is 5.56 Å². The summed E-state index contributed by atoms with van der Waals surface area (Å²) in [5.41, 5.74) is 2.25. The Hall–Kier alpha value is -2.14. The lowest BCUT2D eigenvalue weighted by Crippen LogP contribution is -2.13. The maximum atomic E-state index is 12.1. The summed E-state index contributed by atoms with van der Waals surface area (Å²) in [6.45, 7) is 1.91. The average Bonchev–Trinajstić information content (AvgIpc) is 2.42. The van der Waals surface area contributed by atoms with Crippen LogP contribution >= 0.6 is 15.9 Å². The molecule has 2 aromatic rings. The first-order valence-corrected chi connectivity index (χ1v) is 6.67. The number of halogens is 1. The van der Waals surface area contributed by atoms with Crippen molar-refractivity contribution in [1.29, 1.82) is 0 Å². The molecule has 0 unspecified atom stereocenters. The summed E-state index contributed by atoms with van der Waals surface area (Å²) < 4.78 is 0.711. The minimum absolute atomic E-state index is 0.180. The Labute approximate surface area is 124 Å². The molecular formula is C15H12BrNO3. The van der Waals surface area contributed by atoms with Crippen molar-refractivity contribution < 1.29 is 14.7 Å². The zero-order chi connectivity index (χ0) is 14.7. The van der Waals surface area contributed by atoms with Gasteiger partial charge in [-0.3, -0.25) is 4.79 Å². The lowest BCUT2D eigenvalue weighted by molar-refractivity contribution is 0.0696.